The number of thioether (sulfide) groups is 1. The summed E-state index contributed by atoms with van der Waals surface area (Å²) in [5.41, 5.74) is -0.858. The average molecular weight is 276 g/mol. The quantitative estimate of drug-likeness (QED) is 0.612. The zero-order chi connectivity index (χ0) is 13.0. The first-order valence-corrected chi connectivity index (χ1v) is 7.07. The van der Waals surface area contributed by atoms with Crippen LogP contribution in [0.25, 0.3) is 0 Å². The van der Waals surface area contributed by atoms with E-state index in [9.17, 15) is 13.2 Å². The zero-order valence-corrected chi connectivity index (χ0v) is 10.7. The van der Waals surface area contributed by atoms with Gasteiger partial charge < -0.3 is 0 Å². The Morgan fingerprint density at radius 3 is 2.61 bits per heavy atom. The summed E-state index contributed by atoms with van der Waals surface area (Å²) in [7, 11) is 0. The molecule has 100 valence electrons. The minimum atomic E-state index is -4.39. The molecule has 1 aliphatic rings. The van der Waals surface area contributed by atoms with E-state index in [1.54, 1.807) is 0 Å². The van der Waals surface area contributed by atoms with Gasteiger partial charge in [-0.05, 0) is 24.8 Å². The third-order valence-electron chi connectivity index (χ3n) is 3.10. The van der Waals surface area contributed by atoms with E-state index in [0.29, 0.717) is 5.92 Å². The number of rotatable bonds is 3. The first-order valence-electron chi connectivity index (χ1n) is 6.09. The molecule has 2 nitrogen and oxygen atoms in total. The lowest BCUT2D eigenvalue weighted by atomic mass is 9.91. The van der Waals surface area contributed by atoms with Crippen molar-refractivity contribution in [1.82, 2.24) is 9.97 Å². The van der Waals surface area contributed by atoms with Gasteiger partial charge in [0.25, 0.3) is 0 Å². The van der Waals surface area contributed by atoms with Crippen LogP contribution in [0.15, 0.2) is 17.4 Å². The minimum absolute atomic E-state index is 0.232. The molecule has 0 amide bonds. The fourth-order valence-corrected chi connectivity index (χ4v) is 3.13. The molecule has 1 fully saturated rings. The second-order valence-electron chi connectivity index (χ2n) is 4.54. The largest absolute Gasteiger partial charge is 0.433 e. The number of aromatic nitrogens is 2. The monoisotopic (exact) mass is 276 g/mol. The van der Waals surface area contributed by atoms with Crippen LogP contribution >= 0.6 is 11.8 Å². The topological polar surface area (TPSA) is 25.8 Å². The molecule has 1 saturated carbocycles. The van der Waals surface area contributed by atoms with E-state index < -0.39 is 11.9 Å². The van der Waals surface area contributed by atoms with Gasteiger partial charge in [0.2, 0.25) is 0 Å². The van der Waals surface area contributed by atoms with Gasteiger partial charge in [0, 0.05) is 11.9 Å². The van der Waals surface area contributed by atoms with E-state index in [0.717, 1.165) is 11.8 Å². The van der Waals surface area contributed by atoms with Gasteiger partial charge in [0.1, 0.15) is 5.69 Å². The minimum Gasteiger partial charge on any atom is -0.231 e. The van der Waals surface area contributed by atoms with Crippen LogP contribution in [-0.4, -0.2) is 15.7 Å². The molecule has 0 unspecified atom stereocenters. The summed E-state index contributed by atoms with van der Waals surface area (Å²) in [5.74, 6) is 1.42. The van der Waals surface area contributed by atoms with Crippen LogP contribution in [0.3, 0.4) is 0 Å². The van der Waals surface area contributed by atoms with Crippen LogP contribution in [0.5, 0.6) is 0 Å². The molecular weight excluding hydrogens is 261 g/mol. The molecule has 6 heteroatoms. The van der Waals surface area contributed by atoms with Crippen molar-refractivity contribution in [3.63, 3.8) is 0 Å². The van der Waals surface area contributed by atoms with Gasteiger partial charge >= 0.3 is 6.18 Å². The van der Waals surface area contributed by atoms with Gasteiger partial charge in [-0.2, -0.15) is 13.2 Å². The second-order valence-corrected chi connectivity index (χ2v) is 5.52. The molecule has 1 aromatic rings. The summed E-state index contributed by atoms with van der Waals surface area (Å²) in [4.78, 5) is 7.44. The van der Waals surface area contributed by atoms with Gasteiger partial charge in [-0.25, -0.2) is 9.97 Å². The average Bonchev–Trinajstić information content (AvgIpc) is 2.37. The molecule has 18 heavy (non-hydrogen) atoms. The molecule has 2 rings (SSSR count). The van der Waals surface area contributed by atoms with Crippen molar-refractivity contribution in [3.8, 4) is 0 Å². The van der Waals surface area contributed by atoms with Gasteiger partial charge in [0.15, 0.2) is 5.16 Å². The Morgan fingerprint density at radius 2 is 1.94 bits per heavy atom. The lowest BCUT2D eigenvalue weighted by Gasteiger charge is -2.20. The van der Waals surface area contributed by atoms with Gasteiger partial charge in [-0.15, -0.1) is 0 Å². The molecule has 0 radical (unpaired) electrons. The second kappa shape index (κ2) is 5.91. The van der Waals surface area contributed by atoms with Crippen LogP contribution in [0.1, 0.15) is 37.8 Å². The third-order valence-corrected chi connectivity index (χ3v) is 4.19. The highest BCUT2D eigenvalue weighted by Gasteiger charge is 2.32. The van der Waals surface area contributed by atoms with Crippen molar-refractivity contribution in [1.29, 1.82) is 0 Å². The number of alkyl halides is 3. The lowest BCUT2D eigenvalue weighted by Crippen LogP contribution is -2.11. The van der Waals surface area contributed by atoms with Crippen molar-refractivity contribution < 1.29 is 13.2 Å². The summed E-state index contributed by atoms with van der Waals surface area (Å²) in [6.07, 6.45) is 2.88. The molecular formula is C12H15F3N2S. The van der Waals surface area contributed by atoms with E-state index in [2.05, 4.69) is 9.97 Å². The molecule has 0 bridgehead atoms. The molecule has 0 aromatic carbocycles. The maximum absolute atomic E-state index is 12.5. The summed E-state index contributed by atoms with van der Waals surface area (Å²) in [5, 5.41) is 0.232. The van der Waals surface area contributed by atoms with Crippen molar-refractivity contribution in [2.45, 2.75) is 43.4 Å². The maximum atomic E-state index is 12.5. The Labute approximate surface area is 108 Å². The zero-order valence-electron chi connectivity index (χ0n) is 9.91. The predicted molar refractivity (Wildman–Crippen MR) is 64.3 cm³/mol. The molecule has 0 spiro atoms. The number of nitrogens with zero attached hydrogens (tertiary/aromatic N) is 2. The molecule has 0 atom stereocenters. The molecule has 1 aliphatic carbocycles. The normalized spacial score (nSPS) is 17.9. The smallest absolute Gasteiger partial charge is 0.231 e. The van der Waals surface area contributed by atoms with Crippen LogP contribution in [0, 0.1) is 5.92 Å². The van der Waals surface area contributed by atoms with Crippen molar-refractivity contribution >= 4 is 11.8 Å². The third kappa shape index (κ3) is 3.86. The molecule has 1 aromatic heterocycles. The Morgan fingerprint density at radius 1 is 1.22 bits per heavy atom. The Bertz CT molecular complexity index is 389. The SMILES string of the molecule is FC(F)(F)c1ccnc(SCC2CCCCC2)n1. The van der Waals surface area contributed by atoms with Crippen molar-refractivity contribution in [2.75, 3.05) is 5.75 Å². The highest BCUT2D eigenvalue weighted by molar-refractivity contribution is 7.99. The van der Waals surface area contributed by atoms with Gasteiger partial charge in [-0.3, -0.25) is 0 Å². The first kappa shape index (κ1) is 13.6. The predicted octanol–water partition coefficient (Wildman–Crippen LogP) is 4.17. The Kier molecular flexibility index (Phi) is 4.48. The number of halogens is 3. The molecule has 0 N–H and O–H groups in total. The summed E-state index contributed by atoms with van der Waals surface area (Å²) in [6.45, 7) is 0. The van der Waals surface area contributed by atoms with Gasteiger partial charge in [0.05, 0.1) is 0 Å². The van der Waals surface area contributed by atoms with Gasteiger partial charge in [-0.1, -0.05) is 31.0 Å². The van der Waals surface area contributed by atoms with Crippen LogP contribution < -0.4 is 0 Å². The Balaban J connectivity index is 1.92. The standard InChI is InChI=1S/C12H15F3N2S/c13-12(14,15)10-6-7-16-11(17-10)18-8-9-4-2-1-3-5-9/h6-7,9H,1-5,8H2. The van der Waals surface area contributed by atoms with Crippen LogP contribution in [0.4, 0.5) is 13.2 Å². The van der Waals surface area contributed by atoms with Crippen molar-refractivity contribution in [2.24, 2.45) is 5.92 Å². The molecule has 1 heterocycles. The van der Waals surface area contributed by atoms with Crippen molar-refractivity contribution in [3.05, 3.63) is 18.0 Å². The van der Waals surface area contributed by atoms with Crippen LogP contribution in [-0.2, 0) is 6.18 Å². The van der Waals surface area contributed by atoms with Crippen LogP contribution in [0.2, 0.25) is 0 Å². The highest BCUT2D eigenvalue weighted by atomic mass is 32.2. The summed E-state index contributed by atoms with van der Waals surface area (Å²) >= 11 is 1.33. The number of hydrogen-bond acceptors (Lipinski definition) is 3. The summed E-state index contributed by atoms with van der Waals surface area (Å²) < 4.78 is 37.4. The molecule has 0 aliphatic heterocycles. The Hall–Kier alpha value is -0.780. The lowest BCUT2D eigenvalue weighted by molar-refractivity contribution is -0.141. The first-order chi connectivity index (χ1) is 8.55. The maximum Gasteiger partial charge on any atom is 0.433 e. The number of hydrogen-bond donors (Lipinski definition) is 0. The van der Waals surface area contributed by atoms with E-state index in [1.165, 1.54) is 50.1 Å². The highest BCUT2D eigenvalue weighted by Crippen LogP contribution is 2.31. The summed E-state index contributed by atoms with van der Waals surface area (Å²) in [6, 6.07) is 0.907. The fourth-order valence-electron chi connectivity index (χ4n) is 2.11. The molecule has 0 saturated heterocycles. The fraction of sp³-hybridized carbons (Fsp3) is 0.667. The van der Waals surface area contributed by atoms with E-state index in [4.69, 9.17) is 0 Å². The van der Waals surface area contributed by atoms with E-state index in [-0.39, 0.29) is 5.16 Å². The van der Waals surface area contributed by atoms with E-state index >= 15 is 0 Å². The van der Waals surface area contributed by atoms with E-state index in [1.807, 2.05) is 0 Å².